The highest BCUT2D eigenvalue weighted by Gasteiger charge is 2.17. The van der Waals surface area contributed by atoms with Crippen molar-refractivity contribution < 1.29 is 4.42 Å². The monoisotopic (exact) mass is 652 g/mol. The molecule has 0 unspecified atom stereocenters. The molecule has 9 rings (SSSR count). The smallest absolute Gasteiger partial charge is 0.164 e. The van der Waals surface area contributed by atoms with Crippen molar-refractivity contribution in [1.82, 2.24) is 15.0 Å². The Balaban J connectivity index is 1.14. The Labute approximate surface area is 294 Å². The molecule has 0 spiro atoms. The van der Waals surface area contributed by atoms with Crippen molar-refractivity contribution in [3.05, 3.63) is 175 Å². The molecule has 0 aliphatic heterocycles. The van der Waals surface area contributed by atoms with Gasteiger partial charge in [0.1, 0.15) is 11.2 Å². The number of rotatable bonds is 6. The Morgan fingerprint density at radius 3 is 1.65 bits per heavy atom. The van der Waals surface area contributed by atoms with E-state index in [9.17, 15) is 5.26 Å². The largest absolute Gasteiger partial charge is 0.456 e. The van der Waals surface area contributed by atoms with Gasteiger partial charge in [-0.25, -0.2) is 15.0 Å². The molecule has 2 aromatic heterocycles. The molecule has 51 heavy (non-hydrogen) atoms. The van der Waals surface area contributed by atoms with Crippen molar-refractivity contribution in [3.63, 3.8) is 0 Å². The van der Waals surface area contributed by atoms with Crippen LogP contribution in [0, 0.1) is 11.3 Å². The lowest BCUT2D eigenvalue weighted by Gasteiger charge is -2.10. The van der Waals surface area contributed by atoms with Gasteiger partial charge in [-0.1, -0.05) is 133 Å². The quantitative estimate of drug-likeness (QED) is 0.179. The zero-order chi connectivity index (χ0) is 34.1. The van der Waals surface area contributed by atoms with Crippen LogP contribution in [-0.2, 0) is 0 Å². The van der Waals surface area contributed by atoms with E-state index in [1.54, 1.807) is 6.07 Å². The van der Waals surface area contributed by atoms with Gasteiger partial charge in [0.05, 0.1) is 11.6 Å². The molecule has 0 radical (unpaired) electrons. The summed E-state index contributed by atoms with van der Waals surface area (Å²) >= 11 is 0. The first-order chi connectivity index (χ1) is 25.2. The van der Waals surface area contributed by atoms with Crippen molar-refractivity contribution >= 4 is 21.9 Å². The summed E-state index contributed by atoms with van der Waals surface area (Å²) in [7, 11) is 0. The lowest BCUT2D eigenvalue weighted by Crippen LogP contribution is -2.00. The van der Waals surface area contributed by atoms with Gasteiger partial charge in [-0.2, -0.15) is 5.26 Å². The molecule has 2 heterocycles. The molecule has 0 aliphatic carbocycles. The van der Waals surface area contributed by atoms with Gasteiger partial charge in [-0.15, -0.1) is 0 Å². The molecule has 0 amide bonds. The van der Waals surface area contributed by atoms with Gasteiger partial charge in [0.15, 0.2) is 17.5 Å². The van der Waals surface area contributed by atoms with Crippen LogP contribution in [0.25, 0.3) is 89.5 Å². The molecule has 238 valence electrons. The Kier molecular flexibility index (Phi) is 7.46. The van der Waals surface area contributed by atoms with Gasteiger partial charge < -0.3 is 4.42 Å². The number of hydrogen-bond acceptors (Lipinski definition) is 5. The summed E-state index contributed by atoms with van der Waals surface area (Å²) in [6.45, 7) is 0. The summed E-state index contributed by atoms with van der Waals surface area (Å²) in [5.41, 5.74) is 11.3. The third kappa shape index (κ3) is 5.71. The van der Waals surface area contributed by atoms with Crippen LogP contribution < -0.4 is 0 Å². The molecular formula is C46H28N4O. The molecule has 0 saturated carbocycles. The Bertz CT molecular complexity index is 2750. The fourth-order valence-corrected chi connectivity index (χ4v) is 6.63. The van der Waals surface area contributed by atoms with E-state index in [4.69, 9.17) is 19.4 Å². The van der Waals surface area contributed by atoms with Crippen molar-refractivity contribution in [2.45, 2.75) is 0 Å². The first-order valence-electron chi connectivity index (χ1n) is 16.7. The van der Waals surface area contributed by atoms with Crippen molar-refractivity contribution in [3.8, 4) is 73.6 Å². The molecule has 0 saturated heterocycles. The first-order valence-corrected chi connectivity index (χ1v) is 16.7. The zero-order valence-electron chi connectivity index (χ0n) is 27.4. The van der Waals surface area contributed by atoms with Crippen LogP contribution in [0.4, 0.5) is 0 Å². The summed E-state index contributed by atoms with van der Waals surface area (Å²) < 4.78 is 6.49. The zero-order valence-corrected chi connectivity index (χ0v) is 27.4. The number of benzene rings is 7. The number of hydrogen-bond donors (Lipinski definition) is 0. The number of fused-ring (bicyclic) bond motifs is 3. The van der Waals surface area contributed by atoms with Crippen molar-refractivity contribution in [1.29, 1.82) is 5.26 Å². The Morgan fingerprint density at radius 2 is 0.922 bits per heavy atom. The van der Waals surface area contributed by atoms with Crippen LogP contribution in [0.2, 0.25) is 0 Å². The second-order valence-electron chi connectivity index (χ2n) is 12.4. The molecule has 0 fully saturated rings. The van der Waals surface area contributed by atoms with Crippen molar-refractivity contribution in [2.24, 2.45) is 0 Å². The summed E-state index contributed by atoms with van der Waals surface area (Å²) in [6.07, 6.45) is 0. The van der Waals surface area contributed by atoms with E-state index >= 15 is 0 Å². The molecule has 9 aromatic rings. The highest BCUT2D eigenvalue weighted by atomic mass is 16.3. The highest BCUT2D eigenvalue weighted by Crippen LogP contribution is 2.39. The van der Waals surface area contributed by atoms with Crippen LogP contribution >= 0.6 is 0 Å². The van der Waals surface area contributed by atoms with Gasteiger partial charge in [-0.05, 0) is 69.8 Å². The molecular weight excluding hydrogens is 625 g/mol. The fraction of sp³-hybridized carbons (Fsp3) is 0. The van der Waals surface area contributed by atoms with E-state index in [2.05, 4.69) is 78.9 Å². The van der Waals surface area contributed by atoms with Crippen LogP contribution in [0.15, 0.2) is 174 Å². The molecule has 0 bridgehead atoms. The molecule has 0 aliphatic rings. The Morgan fingerprint density at radius 1 is 0.392 bits per heavy atom. The van der Waals surface area contributed by atoms with Gasteiger partial charge in [0, 0.05) is 27.5 Å². The van der Waals surface area contributed by atoms with Crippen LogP contribution in [-0.4, -0.2) is 15.0 Å². The highest BCUT2D eigenvalue weighted by molar-refractivity contribution is 6.13. The molecule has 5 heteroatoms. The van der Waals surface area contributed by atoms with E-state index in [0.717, 1.165) is 60.9 Å². The van der Waals surface area contributed by atoms with E-state index in [1.165, 1.54) is 11.1 Å². The van der Waals surface area contributed by atoms with E-state index in [1.807, 2.05) is 91.0 Å². The summed E-state index contributed by atoms with van der Waals surface area (Å²) in [6, 6.07) is 59.4. The minimum atomic E-state index is 0.551. The third-order valence-electron chi connectivity index (χ3n) is 9.17. The van der Waals surface area contributed by atoms with Crippen LogP contribution in [0.3, 0.4) is 0 Å². The average molecular weight is 653 g/mol. The minimum absolute atomic E-state index is 0.551. The summed E-state index contributed by atoms with van der Waals surface area (Å²) in [5.74, 6) is 1.69. The number of nitrogens with zero attached hydrogens (tertiary/aromatic N) is 4. The average Bonchev–Trinajstić information content (AvgIpc) is 3.60. The molecule has 0 N–H and O–H groups in total. The van der Waals surface area contributed by atoms with Gasteiger partial charge in [-0.3, -0.25) is 0 Å². The van der Waals surface area contributed by atoms with E-state index in [-0.39, 0.29) is 0 Å². The molecule has 7 aromatic carbocycles. The maximum absolute atomic E-state index is 9.45. The predicted octanol–water partition coefficient (Wildman–Crippen LogP) is 11.6. The number of furan rings is 1. The van der Waals surface area contributed by atoms with Gasteiger partial charge in [0.2, 0.25) is 0 Å². The second kappa shape index (κ2) is 12.7. The lowest BCUT2D eigenvalue weighted by atomic mass is 9.96. The number of nitriles is 1. The summed E-state index contributed by atoms with van der Waals surface area (Å²) in [4.78, 5) is 14.9. The maximum atomic E-state index is 9.45. The molecule has 0 atom stereocenters. The van der Waals surface area contributed by atoms with Crippen molar-refractivity contribution in [2.75, 3.05) is 0 Å². The SMILES string of the molecule is N#Cc1cccc(-c2cccc(-c3nc(-c4ccccc4)nc(-c4ccc5c(c4)oc4cccc(-c6ccc(-c7ccccc7)cc6)c45)n3)c2)c1. The Hall–Kier alpha value is -7.16. The molecule has 5 nitrogen and oxygen atoms in total. The predicted molar refractivity (Wildman–Crippen MR) is 204 cm³/mol. The first kappa shape index (κ1) is 29.9. The van der Waals surface area contributed by atoms with Crippen LogP contribution in [0.5, 0.6) is 0 Å². The minimum Gasteiger partial charge on any atom is -0.456 e. The third-order valence-corrected chi connectivity index (χ3v) is 9.17. The standard InChI is InChI=1S/C46H28N4O/c47-29-30-10-7-15-35(26-30)36-16-8-17-37(27-36)45-48-44(34-13-5-2-6-14-34)49-46(50-45)38-24-25-40-42(28-38)51-41-19-9-18-39(43(40)41)33-22-20-32(21-23-33)31-11-3-1-4-12-31/h1-28H. The van der Waals surface area contributed by atoms with Gasteiger partial charge in [0.25, 0.3) is 0 Å². The van der Waals surface area contributed by atoms with E-state index < -0.39 is 0 Å². The maximum Gasteiger partial charge on any atom is 0.164 e. The van der Waals surface area contributed by atoms with E-state index in [0.29, 0.717) is 23.0 Å². The topological polar surface area (TPSA) is 75.6 Å². The fourth-order valence-electron chi connectivity index (χ4n) is 6.63. The summed E-state index contributed by atoms with van der Waals surface area (Å²) in [5, 5.41) is 11.6. The van der Waals surface area contributed by atoms with Crippen LogP contribution in [0.1, 0.15) is 5.56 Å². The second-order valence-corrected chi connectivity index (χ2v) is 12.4. The number of aromatic nitrogens is 3. The lowest BCUT2D eigenvalue weighted by molar-refractivity contribution is 0.669. The van der Waals surface area contributed by atoms with Gasteiger partial charge >= 0.3 is 0 Å². The normalized spacial score (nSPS) is 11.1.